The molecule has 0 aliphatic carbocycles. The maximum absolute atomic E-state index is 10.7. The minimum atomic E-state index is -0.532. The van der Waals surface area contributed by atoms with Gasteiger partial charge in [-0.05, 0) is 6.92 Å². The third-order valence-electron chi connectivity index (χ3n) is 1.94. The Morgan fingerprint density at radius 2 is 2.40 bits per heavy atom. The second-order valence-electron chi connectivity index (χ2n) is 2.89. The first kappa shape index (κ1) is 11.5. The molecule has 0 unspecified atom stereocenters. The fourth-order valence-corrected chi connectivity index (χ4v) is 1.28. The van der Waals surface area contributed by atoms with E-state index in [2.05, 4.69) is 4.98 Å². The Morgan fingerprint density at radius 3 is 2.93 bits per heavy atom. The standard InChI is InChI=1S/C9H10ClN3O2/c1-6-7(3-2-4-10)5-12-9(11)8(6)13(14)15/h2-3,5H,4H2,1H3,(H2,11,12). The monoisotopic (exact) mass is 227 g/mol. The van der Waals surface area contributed by atoms with Gasteiger partial charge in [0.25, 0.3) is 0 Å². The topological polar surface area (TPSA) is 82.0 Å². The third-order valence-corrected chi connectivity index (χ3v) is 2.12. The summed E-state index contributed by atoms with van der Waals surface area (Å²) in [5, 5.41) is 10.7. The largest absolute Gasteiger partial charge is 0.378 e. The van der Waals surface area contributed by atoms with E-state index in [9.17, 15) is 10.1 Å². The SMILES string of the molecule is Cc1c(C=CCCl)cnc(N)c1[N+](=O)[O-]. The van der Waals surface area contributed by atoms with Crippen LogP contribution in [0.3, 0.4) is 0 Å². The summed E-state index contributed by atoms with van der Waals surface area (Å²) >= 11 is 5.47. The lowest BCUT2D eigenvalue weighted by Crippen LogP contribution is -2.02. The molecule has 1 rings (SSSR count). The zero-order valence-corrected chi connectivity index (χ0v) is 8.86. The Kier molecular flexibility index (Phi) is 3.62. The Balaban J connectivity index is 3.28. The molecule has 1 aromatic heterocycles. The van der Waals surface area contributed by atoms with Crippen LogP contribution in [0.1, 0.15) is 11.1 Å². The molecule has 0 saturated heterocycles. The summed E-state index contributed by atoms with van der Waals surface area (Å²) in [6.45, 7) is 1.63. The number of pyridine rings is 1. The van der Waals surface area contributed by atoms with E-state index in [0.717, 1.165) is 0 Å². The molecule has 6 heteroatoms. The van der Waals surface area contributed by atoms with Crippen LogP contribution in [0.2, 0.25) is 0 Å². The molecule has 1 heterocycles. The van der Waals surface area contributed by atoms with Crippen molar-refractivity contribution in [3.8, 4) is 0 Å². The molecule has 0 aliphatic heterocycles. The van der Waals surface area contributed by atoms with Gasteiger partial charge in [-0.15, -0.1) is 11.6 Å². The van der Waals surface area contributed by atoms with Crippen molar-refractivity contribution in [2.24, 2.45) is 0 Å². The number of aromatic nitrogens is 1. The van der Waals surface area contributed by atoms with Gasteiger partial charge in [0.1, 0.15) is 0 Å². The van der Waals surface area contributed by atoms with Gasteiger partial charge in [0.05, 0.1) is 4.92 Å². The summed E-state index contributed by atoms with van der Waals surface area (Å²) in [4.78, 5) is 13.9. The van der Waals surface area contributed by atoms with Crippen LogP contribution in [-0.2, 0) is 0 Å². The van der Waals surface area contributed by atoms with E-state index in [1.807, 2.05) is 0 Å². The highest BCUT2D eigenvalue weighted by molar-refractivity contribution is 6.19. The number of nitrogens with two attached hydrogens (primary N) is 1. The number of allylic oxidation sites excluding steroid dienone is 1. The number of rotatable bonds is 3. The zero-order valence-electron chi connectivity index (χ0n) is 8.11. The Morgan fingerprint density at radius 1 is 1.73 bits per heavy atom. The number of hydrogen-bond donors (Lipinski definition) is 1. The molecule has 0 aliphatic rings. The van der Waals surface area contributed by atoms with Crippen molar-refractivity contribution < 1.29 is 4.92 Å². The second kappa shape index (κ2) is 4.75. The third kappa shape index (κ3) is 2.44. The fourth-order valence-electron chi connectivity index (χ4n) is 1.20. The Bertz CT molecular complexity index is 418. The second-order valence-corrected chi connectivity index (χ2v) is 3.19. The number of halogens is 1. The van der Waals surface area contributed by atoms with E-state index < -0.39 is 4.92 Å². The molecule has 0 saturated carbocycles. The van der Waals surface area contributed by atoms with E-state index in [0.29, 0.717) is 17.0 Å². The summed E-state index contributed by atoms with van der Waals surface area (Å²) in [6.07, 6.45) is 4.86. The van der Waals surface area contributed by atoms with Gasteiger partial charge < -0.3 is 5.73 Å². The van der Waals surface area contributed by atoms with Crippen molar-refractivity contribution in [2.75, 3.05) is 11.6 Å². The predicted octanol–water partition coefficient (Wildman–Crippen LogP) is 2.13. The summed E-state index contributed by atoms with van der Waals surface area (Å²) < 4.78 is 0. The minimum Gasteiger partial charge on any atom is -0.378 e. The summed E-state index contributed by atoms with van der Waals surface area (Å²) in [6, 6.07) is 0. The van der Waals surface area contributed by atoms with Crippen molar-refractivity contribution in [2.45, 2.75) is 6.92 Å². The molecule has 15 heavy (non-hydrogen) atoms. The van der Waals surface area contributed by atoms with Crippen LogP contribution in [0.5, 0.6) is 0 Å². The molecular formula is C9H10ClN3O2. The number of nitrogen functional groups attached to an aromatic ring is 1. The van der Waals surface area contributed by atoms with Crippen molar-refractivity contribution in [1.29, 1.82) is 0 Å². The molecule has 0 spiro atoms. The smallest absolute Gasteiger partial charge is 0.314 e. The summed E-state index contributed by atoms with van der Waals surface area (Å²) in [7, 11) is 0. The highest BCUT2D eigenvalue weighted by Crippen LogP contribution is 2.26. The van der Waals surface area contributed by atoms with Crippen LogP contribution in [-0.4, -0.2) is 15.8 Å². The molecule has 2 N–H and O–H groups in total. The first-order valence-electron chi connectivity index (χ1n) is 4.20. The molecule has 0 amide bonds. The van der Waals surface area contributed by atoms with Crippen molar-refractivity contribution >= 4 is 29.2 Å². The normalized spacial score (nSPS) is 10.8. The lowest BCUT2D eigenvalue weighted by atomic mass is 10.1. The van der Waals surface area contributed by atoms with Crippen LogP contribution in [0, 0.1) is 17.0 Å². The number of anilines is 1. The molecule has 1 aromatic rings. The number of hydrogen-bond acceptors (Lipinski definition) is 4. The molecule has 5 nitrogen and oxygen atoms in total. The molecule has 0 radical (unpaired) electrons. The maximum atomic E-state index is 10.7. The first-order valence-corrected chi connectivity index (χ1v) is 4.73. The van der Waals surface area contributed by atoms with Gasteiger partial charge in [-0.3, -0.25) is 10.1 Å². The molecular weight excluding hydrogens is 218 g/mol. The quantitative estimate of drug-likeness (QED) is 0.487. The number of nitro groups is 1. The van der Waals surface area contributed by atoms with E-state index in [1.54, 1.807) is 19.1 Å². The van der Waals surface area contributed by atoms with Crippen LogP contribution in [0.15, 0.2) is 12.3 Å². The van der Waals surface area contributed by atoms with Gasteiger partial charge in [0.2, 0.25) is 5.82 Å². The van der Waals surface area contributed by atoms with Crippen LogP contribution >= 0.6 is 11.6 Å². The molecule has 0 bridgehead atoms. The number of alkyl halides is 1. The Hall–Kier alpha value is -1.62. The van der Waals surface area contributed by atoms with Crippen LogP contribution < -0.4 is 5.73 Å². The lowest BCUT2D eigenvalue weighted by Gasteiger charge is -2.03. The minimum absolute atomic E-state index is 0.0690. The van der Waals surface area contributed by atoms with E-state index in [4.69, 9.17) is 17.3 Å². The Labute approximate surface area is 91.7 Å². The van der Waals surface area contributed by atoms with Gasteiger partial charge in [-0.2, -0.15) is 0 Å². The van der Waals surface area contributed by atoms with Gasteiger partial charge >= 0.3 is 5.69 Å². The van der Waals surface area contributed by atoms with E-state index in [-0.39, 0.29) is 11.5 Å². The summed E-state index contributed by atoms with van der Waals surface area (Å²) in [5.41, 5.74) is 6.41. The maximum Gasteiger partial charge on any atom is 0.314 e. The van der Waals surface area contributed by atoms with Gasteiger partial charge in [-0.25, -0.2) is 4.98 Å². The van der Waals surface area contributed by atoms with Gasteiger partial charge in [0.15, 0.2) is 0 Å². The van der Waals surface area contributed by atoms with E-state index in [1.165, 1.54) is 6.20 Å². The van der Waals surface area contributed by atoms with E-state index >= 15 is 0 Å². The zero-order chi connectivity index (χ0) is 11.4. The van der Waals surface area contributed by atoms with Crippen molar-refractivity contribution in [3.63, 3.8) is 0 Å². The molecule has 0 fully saturated rings. The number of nitrogens with zero attached hydrogens (tertiary/aromatic N) is 2. The van der Waals surface area contributed by atoms with Crippen molar-refractivity contribution in [1.82, 2.24) is 4.98 Å². The highest BCUT2D eigenvalue weighted by Gasteiger charge is 2.18. The van der Waals surface area contributed by atoms with Gasteiger partial charge in [-0.1, -0.05) is 12.2 Å². The predicted molar refractivity (Wildman–Crippen MR) is 59.8 cm³/mol. The molecule has 0 aromatic carbocycles. The average Bonchev–Trinajstić information content (AvgIpc) is 2.16. The average molecular weight is 228 g/mol. The van der Waals surface area contributed by atoms with Gasteiger partial charge in [0, 0.05) is 23.2 Å². The lowest BCUT2D eigenvalue weighted by molar-refractivity contribution is -0.384. The first-order chi connectivity index (χ1) is 7.07. The van der Waals surface area contributed by atoms with Crippen molar-refractivity contribution in [3.05, 3.63) is 33.5 Å². The fraction of sp³-hybridized carbons (Fsp3) is 0.222. The summed E-state index contributed by atoms with van der Waals surface area (Å²) in [5.74, 6) is 0.276. The molecule has 80 valence electrons. The van der Waals surface area contributed by atoms with Crippen LogP contribution in [0.4, 0.5) is 11.5 Å². The van der Waals surface area contributed by atoms with Crippen LogP contribution in [0.25, 0.3) is 6.08 Å². The molecule has 0 atom stereocenters. The highest BCUT2D eigenvalue weighted by atomic mass is 35.5.